The summed E-state index contributed by atoms with van der Waals surface area (Å²) in [6.07, 6.45) is 4.69. The van der Waals surface area contributed by atoms with Gasteiger partial charge < -0.3 is 14.9 Å². The average molecular weight is 424 g/mol. The molecular weight excluding hydrogens is 405 g/mol. The summed E-state index contributed by atoms with van der Waals surface area (Å²) in [4.78, 5) is 30.4. The predicted molar refractivity (Wildman–Crippen MR) is 104 cm³/mol. The molecule has 2 N–H and O–H groups in total. The summed E-state index contributed by atoms with van der Waals surface area (Å²) in [7, 11) is 1.35. The van der Waals surface area contributed by atoms with Gasteiger partial charge in [-0.1, -0.05) is 40.5 Å². The van der Waals surface area contributed by atoms with Crippen molar-refractivity contribution in [1.82, 2.24) is 10.6 Å². The minimum Gasteiger partial charge on any atom is -0.469 e. The molecule has 0 aromatic heterocycles. The van der Waals surface area contributed by atoms with Gasteiger partial charge in [0.15, 0.2) is 0 Å². The molecule has 1 aromatic carbocycles. The first-order valence-electron chi connectivity index (χ1n) is 8.97. The summed E-state index contributed by atoms with van der Waals surface area (Å²) in [5.41, 5.74) is 0.0905. The molecule has 2 unspecified atom stereocenters. The maximum absolute atomic E-state index is 13.1. The van der Waals surface area contributed by atoms with Crippen LogP contribution >= 0.6 is 23.2 Å². The van der Waals surface area contributed by atoms with Crippen LogP contribution in [0.15, 0.2) is 35.5 Å². The van der Waals surface area contributed by atoms with Gasteiger partial charge in [0.1, 0.15) is 0 Å². The van der Waals surface area contributed by atoms with Gasteiger partial charge in [-0.2, -0.15) is 0 Å². The number of amides is 1. The van der Waals surface area contributed by atoms with Gasteiger partial charge >= 0.3 is 5.97 Å². The minimum absolute atomic E-state index is 0.274. The molecule has 0 bridgehead atoms. The second kappa shape index (κ2) is 7.39. The number of hydrogen-bond donors (Lipinski definition) is 2. The molecule has 148 valence electrons. The molecule has 1 fully saturated rings. The van der Waals surface area contributed by atoms with E-state index < -0.39 is 5.72 Å². The van der Waals surface area contributed by atoms with E-state index in [4.69, 9.17) is 32.8 Å². The van der Waals surface area contributed by atoms with Crippen LogP contribution in [-0.4, -0.2) is 43.0 Å². The second-order valence-corrected chi connectivity index (χ2v) is 7.93. The van der Waals surface area contributed by atoms with E-state index in [1.807, 2.05) is 0 Å². The summed E-state index contributed by atoms with van der Waals surface area (Å²) in [6.45, 7) is 0.608. The highest BCUT2D eigenvalue weighted by molar-refractivity contribution is 6.35. The summed E-state index contributed by atoms with van der Waals surface area (Å²) in [6, 6.07) is 4.87. The highest BCUT2D eigenvalue weighted by atomic mass is 35.5. The molecule has 1 aliphatic carbocycles. The summed E-state index contributed by atoms with van der Waals surface area (Å²) < 4.78 is 4.76. The smallest absolute Gasteiger partial charge is 0.312 e. The molecule has 4 rings (SSSR count). The number of rotatable bonds is 4. The number of esters is 1. The van der Waals surface area contributed by atoms with Crippen LogP contribution in [0.2, 0.25) is 10.0 Å². The van der Waals surface area contributed by atoms with Crippen LogP contribution in [0.4, 0.5) is 0 Å². The Morgan fingerprint density at radius 2 is 2.04 bits per heavy atom. The number of benzene rings is 1. The third-order valence-corrected chi connectivity index (χ3v) is 5.77. The Bertz CT molecular complexity index is 868. The van der Waals surface area contributed by atoms with Gasteiger partial charge in [-0.25, -0.2) is 0 Å². The first-order chi connectivity index (χ1) is 13.4. The Morgan fingerprint density at radius 1 is 1.29 bits per heavy atom. The molecule has 4 atom stereocenters. The van der Waals surface area contributed by atoms with E-state index in [9.17, 15) is 9.59 Å². The van der Waals surface area contributed by atoms with Crippen molar-refractivity contribution < 1.29 is 19.2 Å². The molecular formula is C19H19Cl2N3O4. The van der Waals surface area contributed by atoms with Gasteiger partial charge in [0.2, 0.25) is 0 Å². The number of halogens is 2. The zero-order valence-corrected chi connectivity index (χ0v) is 16.6. The van der Waals surface area contributed by atoms with Crippen molar-refractivity contribution in [2.75, 3.05) is 13.7 Å². The number of oxime groups is 1. The quantitative estimate of drug-likeness (QED) is 0.572. The van der Waals surface area contributed by atoms with Crippen molar-refractivity contribution in [1.29, 1.82) is 0 Å². The number of nitrogens with zero attached hydrogens (tertiary/aromatic N) is 1. The fraction of sp³-hybridized carbons (Fsp3) is 0.421. The standard InChI is InChI=1S/C19H19Cl2N3O4/c1-27-17(25)10-2-3-14(8-10)23-18(26)19-15(4-5-22-19)16(24-28-19)11-6-12(20)9-13(21)7-11/h2-3,6-7,9-10,14-15,22H,4-5,8H2,1H3,(H,23,26)/t10-,14+,15?,19?/m1/s1. The zero-order valence-electron chi connectivity index (χ0n) is 15.1. The summed E-state index contributed by atoms with van der Waals surface area (Å²) in [5.74, 6) is -1.26. The second-order valence-electron chi connectivity index (χ2n) is 7.06. The van der Waals surface area contributed by atoms with Crippen molar-refractivity contribution in [3.8, 4) is 0 Å². The molecule has 1 aromatic rings. The number of carbonyl (C=O) groups is 2. The fourth-order valence-corrected chi connectivity index (χ4v) is 4.51. The Kier molecular flexibility index (Phi) is 5.07. The van der Waals surface area contributed by atoms with Crippen molar-refractivity contribution >= 4 is 40.8 Å². The minimum atomic E-state index is -1.28. The number of methoxy groups -OCH3 is 1. The molecule has 2 heterocycles. The van der Waals surface area contributed by atoms with E-state index in [-0.39, 0.29) is 29.8 Å². The van der Waals surface area contributed by atoms with Gasteiger partial charge in [0.25, 0.3) is 11.6 Å². The van der Waals surface area contributed by atoms with E-state index in [0.717, 1.165) is 5.56 Å². The molecule has 28 heavy (non-hydrogen) atoms. The normalized spacial score (nSPS) is 30.5. The Hall–Kier alpha value is -2.09. The maximum atomic E-state index is 13.1. The lowest BCUT2D eigenvalue weighted by Gasteiger charge is -2.27. The van der Waals surface area contributed by atoms with Crippen molar-refractivity contribution in [2.45, 2.75) is 24.6 Å². The third-order valence-electron chi connectivity index (χ3n) is 5.33. The number of nitrogens with one attached hydrogen (secondary N) is 2. The van der Waals surface area contributed by atoms with Crippen LogP contribution < -0.4 is 10.6 Å². The van der Waals surface area contributed by atoms with Crippen LogP contribution in [0.3, 0.4) is 0 Å². The van der Waals surface area contributed by atoms with E-state index in [0.29, 0.717) is 35.1 Å². The lowest BCUT2D eigenvalue weighted by atomic mass is 9.88. The van der Waals surface area contributed by atoms with Gasteiger partial charge in [-0.3, -0.25) is 14.9 Å². The van der Waals surface area contributed by atoms with E-state index in [1.165, 1.54) is 7.11 Å². The van der Waals surface area contributed by atoms with E-state index in [2.05, 4.69) is 15.8 Å². The van der Waals surface area contributed by atoms with Crippen LogP contribution in [0.1, 0.15) is 18.4 Å². The van der Waals surface area contributed by atoms with Crippen LogP contribution in [0, 0.1) is 11.8 Å². The highest BCUT2D eigenvalue weighted by Gasteiger charge is 2.58. The SMILES string of the molecule is COC(=O)[C@@H]1C=C[C@H](NC(=O)C23NCCC2C(c2cc(Cl)cc(Cl)c2)=NO3)C1. The molecule has 3 aliphatic rings. The molecule has 0 radical (unpaired) electrons. The number of hydrogen-bond acceptors (Lipinski definition) is 6. The first-order valence-corrected chi connectivity index (χ1v) is 9.73. The van der Waals surface area contributed by atoms with Crippen LogP contribution in [0.25, 0.3) is 0 Å². The summed E-state index contributed by atoms with van der Waals surface area (Å²) in [5, 5.41) is 11.2. The number of ether oxygens (including phenoxy) is 1. The molecule has 0 saturated carbocycles. The summed E-state index contributed by atoms with van der Waals surface area (Å²) >= 11 is 12.2. The third kappa shape index (κ3) is 3.27. The van der Waals surface area contributed by atoms with Crippen molar-refractivity contribution in [3.63, 3.8) is 0 Å². The number of fused-ring (bicyclic) bond motifs is 1. The molecule has 1 saturated heterocycles. The lowest BCUT2D eigenvalue weighted by molar-refractivity contribution is -0.150. The van der Waals surface area contributed by atoms with E-state index >= 15 is 0 Å². The first kappa shape index (κ1) is 19.2. The molecule has 2 aliphatic heterocycles. The largest absolute Gasteiger partial charge is 0.469 e. The topological polar surface area (TPSA) is 89.0 Å². The molecule has 7 nitrogen and oxygen atoms in total. The Labute approximate surface area is 172 Å². The van der Waals surface area contributed by atoms with E-state index in [1.54, 1.807) is 30.4 Å². The van der Waals surface area contributed by atoms with Crippen LogP contribution in [-0.2, 0) is 19.2 Å². The monoisotopic (exact) mass is 423 g/mol. The average Bonchev–Trinajstić information content (AvgIpc) is 3.35. The fourth-order valence-electron chi connectivity index (χ4n) is 3.98. The van der Waals surface area contributed by atoms with Gasteiger partial charge in [-0.15, -0.1) is 0 Å². The van der Waals surface area contributed by atoms with Gasteiger partial charge in [0.05, 0.1) is 24.7 Å². The Balaban J connectivity index is 1.50. The van der Waals surface area contributed by atoms with Gasteiger partial charge in [0, 0.05) is 28.2 Å². The van der Waals surface area contributed by atoms with Crippen molar-refractivity contribution in [2.24, 2.45) is 17.0 Å². The molecule has 0 spiro atoms. The molecule has 1 amide bonds. The van der Waals surface area contributed by atoms with Gasteiger partial charge in [-0.05, 0) is 31.0 Å². The lowest BCUT2D eigenvalue weighted by Crippen LogP contribution is -2.59. The van der Waals surface area contributed by atoms with Crippen LogP contribution in [0.5, 0.6) is 0 Å². The highest BCUT2D eigenvalue weighted by Crippen LogP contribution is 2.38. The van der Waals surface area contributed by atoms with Crippen molar-refractivity contribution in [3.05, 3.63) is 46.0 Å². The molecule has 9 heteroatoms. The predicted octanol–water partition coefficient (Wildman–Crippen LogP) is 2.27. The number of carbonyl (C=O) groups excluding carboxylic acids is 2. The zero-order chi connectivity index (χ0) is 19.9. The maximum Gasteiger partial charge on any atom is 0.312 e. The Morgan fingerprint density at radius 3 is 2.75 bits per heavy atom.